The molecule has 0 saturated heterocycles. The standard InChI is InChI=1S/4C8H10.4C6H6.2C5H6F6.2C2H6O.3C2H6.6CH4/c4*1-7-5-3-4-6-8(7)2;4*1-2-4-6-5-3-1;2*1-3(2,4(6,7)8)5(9,10)11;2*1-3-2;3*1-2;;;;;;/h4*3-6H,1-2H3;4*1-6H;2*1-2H3;2*1-2H3;3*1-2H3;6*1H4. The summed E-state index contributed by atoms with van der Waals surface area (Å²) < 4.78 is 148. The Kier molecular flexibility index (Phi) is 91.4. The van der Waals surface area contributed by atoms with Crippen molar-refractivity contribution in [1.29, 1.82) is 0 Å². The summed E-state index contributed by atoms with van der Waals surface area (Å²) in [5.74, 6) is 0. The van der Waals surface area contributed by atoms with Crippen molar-refractivity contribution in [3.05, 3.63) is 287 Å². The van der Waals surface area contributed by atoms with Gasteiger partial charge in [-0.25, -0.2) is 0 Å². The molecule has 0 fully saturated rings. The highest BCUT2D eigenvalue weighted by atomic mass is 19.4. The normalized spacial score (nSPS) is 9.15. The lowest BCUT2D eigenvalue weighted by Crippen LogP contribution is -2.44. The molecule has 96 heavy (non-hydrogen) atoms. The Hall–Kier alpha value is -7.16. The topological polar surface area (TPSA) is 18.5 Å². The van der Waals surface area contributed by atoms with Crippen molar-refractivity contribution >= 4 is 0 Å². The Labute approximate surface area is 580 Å². The number of ether oxygens (including phenoxy) is 2. The van der Waals surface area contributed by atoms with Crippen molar-refractivity contribution in [3.63, 3.8) is 0 Å². The van der Waals surface area contributed by atoms with E-state index < -0.39 is 35.5 Å². The van der Waals surface area contributed by atoms with E-state index >= 15 is 0 Å². The van der Waals surface area contributed by atoms with Crippen LogP contribution in [0.15, 0.2) is 243 Å². The quantitative estimate of drug-likeness (QED) is 0.141. The molecule has 554 valence electrons. The number of aryl methyl sites for hydroxylation is 8. The first-order chi connectivity index (χ1) is 42.0. The molecule has 0 aromatic heterocycles. The number of halogens is 12. The zero-order chi connectivity index (χ0) is 71.3. The summed E-state index contributed by atoms with van der Waals surface area (Å²) >= 11 is 0. The van der Waals surface area contributed by atoms with E-state index in [-0.39, 0.29) is 72.3 Å². The number of benzene rings is 8. The molecule has 0 amide bonds. The lowest BCUT2D eigenvalue weighted by Gasteiger charge is -2.29. The third-order valence-corrected chi connectivity index (χ3v) is 11.2. The number of rotatable bonds is 0. The minimum Gasteiger partial charge on any atom is -0.388 e. The van der Waals surface area contributed by atoms with Crippen molar-refractivity contribution in [3.8, 4) is 0 Å². The smallest absolute Gasteiger partial charge is 0.388 e. The second-order valence-electron chi connectivity index (χ2n) is 19.0. The van der Waals surface area contributed by atoms with Gasteiger partial charge in [-0.05, 0) is 128 Å². The van der Waals surface area contributed by atoms with Crippen LogP contribution in [0.1, 0.15) is 158 Å². The molecule has 0 N–H and O–H groups in total. The predicted molar refractivity (Wildman–Crippen MR) is 402 cm³/mol. The molecule has 0 heterocycles. The first-order valence-electron chi connectivity index (χ1n) is 29.2. The Morgan fingerprint density at radius 1 is 0.188 bits per heavy atom. The second-order valence-corrected chi connectivity index (χ2v) is 19.0. The van der Waals surface area contributed by atoms with E-state index in [1.165, 1.54) is 44.5 Å². The van der Waals surface area contributed by atoms with Crippen LogP contribution in [0.2, 0.25) is 0 Å². The maximum atomic E-state index is 11.6. The molecule has 14 heteroatoms. The number of methoxy groups -OCH3 is 2. The van der Waals surface area contributed by atoms with E-state index in [9.17, 15) is 52.7 Å². The Morgan fingerprint density at radius 2 is 0.250 bits per heavy atom. The molecule has 8 aromatic carbocycles. The molecule has 0 aliphatic rings. The van der Waals surface area contributed by atoms with Crippen LogP contribution < -0.4 is 0 Å². The van der Waals surface area contributed by atoms with Gasteiger partial charge in [-0.1, -0.05) is 329 Å². The van der Waals surface area contributed by atoms with Crippen LogP contribution in [-0.4, -0.2) is 53.1 Å². The summed E-state index contributed by atoms with van der Waals surface area (Å²) in [7, 11) is 6.50. The largest absolute Gasteiger partial charge is 0.402 e. The predicted octanol–water partition coefficient (Wildman–Crippen LogP) is 29.7. The average molecular weight is 1380 g/mol. The fourth-order valence-corrected chi connectivity index (χ4v) is 4.51. The number of hydrogen-bond acceptors (Lipinski definition) is 2. The highest BCUT2D eigenvalue weighted by Gasteiger charge is 2.65. The van der Waals surface area contributed by atoms with Crippen LogP contribution >= 0.6 is 0 Å². The van der Waals surface area contributed by atoms with Gasteiger partial charge in [-0.15, -0.1) is 0 Å². The van der Waals surface area contributed by atoms with Crippen molar-refractivity contribution < 1.29 is 62.2 Å². The molecule has 0 bridgehead atoms. The highest BCUT2D eigenvalue weighted by molar-refractivity contribution is 5.25. The van der Waals surface area contributed by atoms with Gasteiger partial charge in [0.25, 0.3) is 0 Å². The zero-order valence-corrected chi connectivity index (χ0v) is 57.4. The van der Waals surface area contributed by atoms with E-state index in [1.807, 2.05) is 187 Å². The molecule has 0 aliphatic heterocycles. The molecule has 0 spiro atoms. The highest BCUT2D eigenvalue weighted by Crippen LogP contribution is 2.50. The Balaban J connectivity index is -0.0000000710. The first-order valence-corrected chi connectivity index (χ1v) is 29.2. The van der Waals surface area contributed by atoms with Gasteiger partial charge in [0.2, 0.25) is 0 Å². The van der Waals surface area contributed by atoms with Crippen molar-refractivity contribution in [2.24, 2.45) is 10.8 Å². The number of alkyl halides is 12. The SMILES string of the molecule is C.C.C.C.C.C.CC.CC.CC.CC(C)(C(F)(F)F)C(F)(F)F.CC(C)(C(F)(F)F)C(F)(F)F.COC.COC.Cc1ccccc1C.Cc1ccccc1C.Cc1ccccc1C.Cc1ccccc1C.c1ccccc1.c1ccccc1.c1ccccc1.c1ccccc1. The van der Waals surface area contributed by atoms with Gasteiger partial charge in [-0.2, -0.15) is 52.7 Å². The fourth-order valence-electron chi connectivity index (χ4n) is 4.51. The van der Waals surface area contributed by atoms with E-state index in [0.29, 0.717) is 0 Å². The van der Waals surface area contributed by atoms with Crippen LogP contribution in [0.25, 0.3) is 0 Å². The van der Waals surface area contributed by atoms with Gasteiger partial charge in [-0.3, -0.25) is 0 Å². The lowest BCUT2D eigenvalue weighted by atomic mass is 9.92. The maximum Gasteiger partial charge on any atom is 0.402 e. The minimum absolute atomic E-state index is 0. The Morgan fingerprint density at radius 3 is 0.281 bits per heavy atom. The molecule has 8 aromatic rings. The molecule has 0 saturated carbocycles. The molecular formula is C82H130F12O2. The maximum absolute atomic E-state index is 11.6. The van der Waals surface area contributed by atoms with Gasteiger partial charge in [0.05, 0.1) is 0 Å². The van der Waals surface area contributed by atoms with Gasteiger partial charge in [0.1, 0.15) is 0 Å². The second kappa shape index (κ2) is 73.6. The molecular weight excluding hydrogens is 1240 g/mol. The molecule has 0 radical (unpaired) electrons. The minimum atomic E-state index is -5.24. The molecule has 0 unspecified atom stereocenters. The summed E-state index contributed by atoms with van der Waals surface area (Å²) in [6.07, 6.45) is -21.0. The first kappa shape index (κ1) is 119. The van der Waals surface area contributed by atoms with Gasteiger partial charge < -0.3 is 9.47 Å². The third-order valence-electron chi connectivity index (χ3n) is 11.2. The summed E-state index contributed by atoms with van der Waals surface area (Å²) in [6.45, 7) is 29.4. The molecule has 8 rings (SSSR count). The average Bonchev–Trinajstić information content (AvgIpc) is 0.810. The summed E-state index contributed by atoms with van der Waals surface area (Å²) in [5, 5.41) is 0. The van der Waals surface area contributed by atoms with Gasteiger partial charge >= 0.3 is 24.7 Å². The number of hydrogen-bond donors (Lipinski definition) is 0. The molecule has 2 nitrogen and oxygen atoms in total. The van der Waals surface area contributed by atoms with E-state index in [0.717, 1.165) is 0 Å². The fraction of sp³-hybridized carbons (Fsp3) is 0.415. The van der Waals surface area contributed by atoms with Crippen LogP contribution in [-0.2, 0) is 9.47 Å². The summed E-state index contributed by atoms with van der Waals surface area (Å²) in [6, 6.07) is 81.4. The van der Waals surface area contributed by atoms with Gasteiger partial charge in [0.15, 0.2) is 10.8 Å². The van der Waals surface area contributed by atoms with Gasteiger partial charge in [0, 0.05) is 28.4 Å². The van der Waals surface area contributed by atoms with Crippen molar-refractivity contribution in [2.45, 2.75) is 194 Å². The van der Waals surface area contributed by atoms with E-state index in [2.05, 4.69) is 162 Å². The molecule has 0 atom stereocenters. The lowest BCUT2D eigenvalue weighted by molar-refractivity contribution is -0.328. The van der Waals surface area contributed by atoms with E-state index in [4.69, 9.17) is 0 Å². The third kappa shape index (κ3) is 68.2. The Bertz CT molecular complexity index is 2130. The van der Waals surface area contributed by atoms with Crippen LogP contribution in [0.4, 0.5) is 52.7 Å². The van der Waals surface area contributed by atoms with Crippen molar-refractivity contribution in [2.75, 3.05) is 28.4 Å². The summed E-state index contributed by atoms with van der Waals surface area (Å²) in [4.78, 5) is 0. The molecule has 0 aliphatic carbocycles. The van der Waals surface area contributed by atoms with Crippen molar-refractivity contribution in [1.82, 2.24) is 0 Å². The van der Waals surface area contributed by atoms with Crippen LogP contribution in [0, 0.1) is 66.2 Å². The zero-order valence-electron chi connectivity index (χ0n) is 57.4. The summed E-state index contributed by atoms with van der Waals surface area (Å²) in [5.41, 5.74) is 3.69. The van der Waals surface area contributed by atoms with E-state index in [1.54, 1.807) is 28.4 Å². The monoisotopic (exact) mass is 1370 g/mol. The van der Waals surface area contributed by atoms with Crippen LogP contribution in [0.3, 0.4) is 0 Å². The van der Waals surface area contributed by atoms with Crippen LogP contribution in [0.5, 0.6) is 0 Å².